The molecule has 0 saturated carbocycles. The van der Waals surface area contributed by atoms with Gasteiger partial charge in [-0.05, 0) is 26.9 Å². The number of hydrogen-bond donors (Lipinski definition) is 4. The van der Waals surface area contributed by atoms with Crippen LogP contribution in [0.25, 0.3) is 0 Å². The summed E-state index contributed by atoms with van der Waals surface area (Å²) in [5, 5.41) is 12.8. The monoisotopic (exact) mass is 342 g/mol. The average molecular weight is 342 g/mol. The largest absolute Gasteiger partial charge is 0.370 e. The lowest BCUT2D eigenvalue weighted by Crippen LogP contribution is -2.51. The van der Waals surface area contributed by atoms with Gasteiger partial charge < -0.3 is 26.2 Å². The van der Waals surface area contributed by atoms with Crippen LogP contribution in [0.5, 0.6) is 0 Å². The Kier molecular flexibility index (Phi) is 9.35. The zero-order valence-corrected chi connectivity index (χ0v) is 15.9. The molecule has 0 heterocycles. The van der Waals surface area contributed by atoms with Crippen molar-refractivity contribution in [3.05, 3.63) is 0 Å². The van der Waals surface area contributed by atoms with Gasteiger partial charge in [-0.1, -0.05) is 20.8 Å². The molecular weight excluding hydrogens is 308 g/mol. The second-order valence-electron chi connectivity index (χ2n) is 7.26. The summed E-state index contributed by atoms with van der Waals surface area (Å²) in [5.74, 6) is -0.323. The second-order valence-corrected chi connectivity index (χ2v) is 7.26. The van der Waals surface area contributed by atoms with Crippen molar-refractivity contribution in [1.82, 2.24) is 20.4 Å². The fourth-order valence-electron chi connectivity index (χ4n) is 2.21. The summed E-state index contributed by atoms with van der Waals surface area (Å²) < 4.78 is 0. The highest BCUT2D eigenvalue weighted by atomic mass is 16.2. The van der Waals surface area contributed by atoms with E-state index in [2.05, 4.69) is 10.6 Å². The maximum atomic E-state index is 12.5. The molecule has 24 heavy (non-hydrogen) atoms. The molecule has 0 radical (unpaired) electrons. The Morgan fingerprint density at radius 2 is 1.71 bits per heavy atom. The topological polar surface area (TPSA) is 115 Å². The first-order chi connectivity index (χ1) is 11.0. The molecule has 1 unspecified atom stereocenters. The van der Waals surface area contributed by atoms with Crippen molar-refractivity contribution < 1.29 is 9.59 Å². The van der Waals surface area contributed by atoms with Gasteiger partial charge in [-0.15, -0.1) is 0 Å². The summed E-state index contributed by atoms with van der Waals surface area (Å²) in [6, 6.07) is -0.535. The van der Waals surface area contributed by atoms with Gasteiger partial charge >= 0.3 is 0 Å². The van der Waals surface area contributed by atoms with Gasteiger partial charge in [-0.2, -0.15) is 0 Å². The Morgan fingerprint density at radius 1 is 1.12 bits per heavy atom. The zero-order valence-electron chi connectivity index (χ0n) is 15.9. The molecule has 2 amide bonds. The Labute approximate surface area is 145 Å². The molecule has 0 aromatic heterocycles. The van der Waals surface area contributed by atoms with Crippen LogP contribution in [0.1, 0.15) is 33.6 Å². The minimum absolute atomic E-state index is 0.0743. The Hall–Kier alpha value is -1.83. The van der Waals surface area contributed by atoms with Crippen LogP contribution < -0.4 is 16.4 Å². The molecular formula is C16H34N6O2. The van der Waals surface area contributed by atoms with Crippen molar-refractivity contribution in [1.29, 1.82) is 5.41 Å². The SMILES string of the molecule is CN(C)CCNC(=O)C(CCCNC(=N)N)N(C)C(=O)C(C)(C)C. The van der Waals surface area contributed by atoms with Crippen LogP contribution in [-0.2, 0) is 9.59 Å². The van der Waals surface area contributed by atoms with Gasteiger partial charge in [0.25, 0.3) is 0 Å². The van der Waals surface area contributed by atoms with E-state index in [0.29, 0.717) is 25.9 Å². The van der Waals surface area contributed by atoms with Gasteiger partial charge in [0.2, 0.25) is 11.8 Å². The van der Waals surface area contributed by atoms with Crippen LogP contribution in [0.2, 0.25) is 0 Å². The third-order valence-corrected chi connectivity index (χ3v) is 3.56. The molecule has 0 spiro atoms. The number of rotatable bonds is 9. The highest BCUT2D eigenvalue weighted by Gasteiger charge is 2.32. The zero-order chi connectivity index (χ0) is 18.9. The van der Waals surface area contributed by atoms with Crippen LogP contribution in [0.4, 0.5) is 0 Å². The Balaban J connectivity index is 4.83. The van der Waals surface area contributed by atoms with Gasteiger partial charge in [-0.25, -0.2) is 0 Å². The predicted octanol–water partition coefficient (Wildman–Crippen LogP) is -0.199. The number of hydrogen-bond acceptors (Lipinski definition) is 4. The van der Waals surface area contributed by atoms with Gasteiger partial charge in [0, 0.05) is 32.1 Å². The van der Waals surface area contributed by atoms with Crippen molar-refractivity contribution in [3.63, 3.8) is 0 Å². The van der Waals surface area contributed by atoms with Crippen LogP contribution in [0.3, 0.4) is 0 Å². The predicted molar refractivity (Wildman–Crippen MR) is 96.7 cm³/mol. The maximum absolute atomic E-state index is 12.5. The van der Waals surface area contributed by atoms with Crippen LogP contribution in [0.15, 0.2) is 0 Å². The minimum atomic E-state index is -0.547. The molecule has 140 valence electrons. The van der Waals surface area contributed by atoms with Gasteiger partial charge in [0.1, 0.15) is 6.04 Å². The van der Waals surface area contributed by atoms with Crippen molar-refractivity contribution >= 4 is 17.8 Å². The Bertz CT molecular complexity index is 431. The van der Waals surface area contributed by atoms with E-state index in [1.54, 1.807) is 7.05 Å². The number of likely N-dealkylation sites (N-methyl/N-ethyl adjacent to an activating group) is 2. The van der Waals surface area contributed by atoms with Crippen LogP contribution in [0, 0.1) is 10.8 Å². The summed E-state index contributed by atoms with van der Waals surface area (Å²) in [6.45, 7) is 7.28. The van der Waals surface area contributed by atoms with E-state index in [-0.39, 0.29) is 17.8 Å². The molecule has 0 fully saturated rings. The lowest BCUT2D eigenvalue weighted by molar-refractivity contribution is -0.145. The average Bonchev–Trinajstić information content (AvgIpc) is 2.43. The number of guanidine groups is 1. The second kappa shape index (κ2) is 10.1. The fraction of sp³-hybridized carbons (Fsp3) is 0.812. The van der Waals surface area contributed by atoms with Crippen molar-refractivity contribution in [2.75, 3.05) is 40.8 Å². The molecule has 0 aliphatic carbocycles. The fourth-order valence-corrected chi connectivity index (χ4v) is 2.21. The molecule has 0 aliphatic rings. The standard InChI is InChI=1S/C16H34N6O2/c1-16(2,3)14(24)22(6)12(8-7-9-20-15(17)18)13(23)19-10-11-21(4)5/h12H,7-11H2,1-6H3,(H,19,23)(H4,17,18,20). The summed E-state index contributed by atoms with van der Waals surface area (Å²) in [7, 11) is 5.54. The highest BCUT2D eigenvalue weighted by molar-refractivity contribution is 5.89. The van der Waals surface area contributed by atoms with E-state index >= 15 is 0 Å². The molecule has 0 aromatic carbocycles. The molecule has 8 nitrogen and oxygen atoms in total. The summed E-state index contributed by atoms with van der Waals surface area (Å²) in [6.07, 6.45) is 1.14. The highest BCUT2D eigenvalue weighted by Crippen LogP contribution is 2.19. The lowest BCUT2D eigenvalue weighted by Gasteiger charge is -2.32. The molecule has 5 N–H and O–H groups in total. The van der Waals surface area contributed by atoms with E-state index in [0.717, 1.165) is 6.54 Å². The number of amides is 2. The van der Waals surface area contributed by atoms with Crippen molar-refractivity contribution in [2.45, 2.75) is 39.7 Å². The Morgan fingerprint density at radius 3 is 2.17 bits per heavy atom. The lowest BCUT2D eigenvalue weighted by atomic mass is 9.93. The van der Waals surface area contributed by atoms with Crippen LogP contribution >= 0.6 is 0 Å². The molecule has 0 bridgehead atoms. The van der Waals surface area contributed by atoms with Crippen LogP contribution in [-0.4, -0.2) is 74.4 Å². The maximum Gasteiger partial charge on any atom is 0.242 e. The van der Waals surface area contributed by atoms with Crippen molar-refractivity contribution in [3.8, 4) is 0 Å². The number of nitrogens with two attached hydrogens (primary N) is 1. The first-order valence-electron chi connectivity index (χ1n) is 8.24. The third-order valence-electron chi connectivity index (χ3n) is 3.56. The van der Waals surface area contributed by atoms with E-state index in [4.69, 9.17) is 11.1 Å². The molecule has 0 aromatic rings. The summed E-state index contributed by atoms with van der Waals surface area (Å²) >= 11 is 0. The number of nitrogens with zero attached hydrogens (tertiary/aromatic N) is 2. The smallest absolute Gasteiger partial charge is 0.242 e. The molecule has 0 rings (SSSR count). The first kappa shape index (κ1) is 22.2. The van der Waals surface area contributed by atoms with Gasteiger partial charge in [0.05, 0.1) is 0 Å². The quantitative estimate of drug-likeness (QED) is 0.263. The normalized spacial score (nSPS) is 12.6. The number of carbonyl (C=O) groups is 2. The first-order valence-corrected chi connectivity index (χ1v) is 8.24. The number of nitrogens with one attached hydrogen (secondary N) is 3. The summed E-state index contributed by atoms with van der Waals surface area (Å²) in [4.78, 5) is 28.5. The van der Waals surface area contributed by atoms with E-state index in [1.807, 2.05) is 39.8 Å². The summed E-state index contributed by atoms with van der Waals surface area (Å²) in [5.41, 5.74) is 4.70. The molecule has 8 heteroatoms. The molecule has 0 saturated heterocycles. The third kappa shape index (κ3) is 8.71. The van der Waals surface area contributed by atoms with Gasteiger partial charge in [-0.3, -0.25) is 15.0 Å². The van der Waals surface area contributed by atoms with E-state index in [1.165, 1.54) is 4.90 Å². The van der Waals surface area contributed by atoms with E-state index < -0.39 is 11.5 Å². The van der Waals surface area contributed by atoms with Crippen molar-refractivity contribution in [2.24, 2.45) is 11.1 Å². The van der Waals surface area contributed by atoms with E-state index in [9.17, 15) is 9.59 Å². The molecule has 0 aliphatic heterocycles. The van der Waals surface area contributed by atoms with Gasteiger partial charge in [0.15, 0.2) is 5.96 Å². The number of carbonyl (C=O) groups excluding carboxylic acids is 2. The molecule has 1 atom stereocenters. The minimum Gasteiger partial charge on any atom is -0.370 e.